The maximum Gasteiger partial charge on any atom is 0.251 e. The van der Waals surface area contributed by atoms with Crippen LogP contribution in [0.4, 0.5) is 0 Å². The van der Waals surface area contributed by atoms with Crippen molar-refractivity contribution in [2.75, 3.05) is 6.26 Å². The van der Waals surface area contributed by atoms with Gasteiger partial charge in [-0.15, -0.1) is 23.1 Å². The molecule has 0 aliphatic rings. The van der Waals surface area contributed by atoms with Crippen LogP contribution in [0.3, 0.4) is 0 Å². The molecule has 0 aliphatic carbocycles. The zero-order chi connectivity index (χ0) is 16.1. The smallest absolute Gasteiger partial charge is 0.251 e. The molecule has 3 nitrogen and oxygen atoms in total. The van der Waals surface area contributed by atoms with Crippen molar-refractivity contribution in [2.45, 2.75) is 11.4 Å². The van der Waals surface area contributed by atoms with Gasteiger partial charge in [0, 0.05) is 21.4 Å². The van der Waals surface area contributed by atoms with Crippen LogP contribution in [-0.4, -0.2) is 17.1 Å². The molecule has 3 aromatic rings. The molecule has 1 N–H and O–H groups in total. The van der Waals surface area contributed by atoms with Crippen LogP contribution in [-0.2, 0) is 6.54 Å². The normalized spacial score (nSPS) is 10.5. The standard InChI is InChI=1S/C18H16N2OS2/c1-22-15-9-7-14(8-10-15)18(21)19-11-17-20-16(12-23-17)13-5-3-2-4-6-13/h2-10,12H,11H2,1H3,(H,19,21). The Morgan fingerprint density at radius 2 is 1.87 bits per heavy atom. The maximum atomic E-state index is 12.2. The lowest BCUT2D eigenvalue weighted by atomic mass is 10.2. The highest BCUT2D eigenvalue weighted by Crippen LogP contribution is 2.21. The molecule has 1 amide bonds. The number of amides is 1. The summed E-state index contributed by atoms with van der Waals surface area (Å²) < 4.78 is 0. The molecule has 0 unspecified atom stereocenters. The molecule has 1 aromatic heterocycles. The summed E-state index contributed by atoms with van der Waals surface area (Å²) in [6.07, 6.45) is 2.02. The van der Waals surface area contributed by atoms with E-state index in [-0.39, 0.29) is 5.91 Å². The summed E-state index contributed by atoms with van der Waals surface area (Å²) in [5.41, 5.74) is 2.71. The van der Waals surface area contributed by atoms with Crippen molar-refractivity contribution < 1.29 is 4.79 Å². The first-order chi connectivity index (χ1) is 11.3. The average molecular weight is 340 g/mol. The number of benzene rings is 2. The second-order valence-electron chi connectivity index (χ2n) is 4.90. The van der Waals surface area contributed by atoms with Gasteiger partial charge in [0.25, 0.3) is 5.91 Å². The number of nitrogens with zero attached hydrogens (tertiary/aromatic N) is 1. The molecule has 0 fully saturated rings. The van der Waals surface area contributed by atoms with E-state index in [1.165, 1.54) is 0 Å². The van der Waals surface area contributed by atoms with Crippen molar-refractivity contribution in [3.63, 3.8) is 0 Å². The molecular weight excluding hydrogens is 324 g/mol. The number of hydrogen-bond acceptors (Lipinski definition) is 4. The van der Waals surface area contributed by atoms with Crippen LogP contribution < -0.4 is 5.32 Å². The predicted octanol–water partition coefficient (Wildman–Crippen LogP) is 4.46. The van der Waals surface area contributed by atoms with Crippen LogP contribution in [0.2, 0.25) is 0 Å². The van der Waals surface area contributed by atoms with Gasteiger partial charge < -0.3 is 5.32 Å². The summed E-state index contributed by atoms with van der Waals surface area (Å²) in [7, 11) is 0. The fraction of sp³-hybridized carbons (Fsp3) is 0.111. The van der Waals surface area contributed by atoms with Crippen molar-refractivity contribution in [3.05, 3.63) is 70.5 Å². The van der Waals surface area contributed by atoms with E-state index in [4.69, 9.17) is 0 Å². The van der Waals surface area contributed by atoms with Crippen molar-refractivity contribution in [1.29, 1.82) is 0 Å². The number of carbonyl (C=O) groups is 1. The van der Waals surface area contributed by atoms with Crippen LogP contribution in [0.1, 0.15) is 15.4 Å². The Morgan fingerprint density at radius 3 is 2.57 bits per heavy atom. The van der Waals surface area contributed by atoms with Gasteiger partial charge in [-0.25, -0.2) is 4.98 Å². The number of thioether (sulfide) groups is 1. The Bertz CT molecular complexity index is 782. The predicted molar refractivity (Wildman–Crippen MR) is 96.9 cm³/mol. The Labute approximate surface area is 143 Å². The number of hydrogen-bond donors (Lipinski definition) is 1. The molecule has 116 valence electrons. The Morgan fingerprint density at radius 1 is 1.13 bits per heavy atom. The summed E-state index contributed by atoms with van der Waals surface area (Å²) in [5, 5.41) is 5.84. The highest BCUT2D eigenvalue weighted by molar-refractivity contribution is 7.98. The third-order valence-electron chi connectivity index (χ3n) is 3.37. The number of aromatic nitrogens is 1. The molecule has 23 heavy (non-hydrogen) atoms. The van der Waals surface area contributed by atoms with E-state index in [1.807, 2.05) is 66.2 Å². The quantitative estimate of drug-likeness (QED) is 0.697. The molecule has 0 atom stereocenters. The van der Waals surface area contributed by atoms with E-state index < -0.39 is 0 Å². The van der Waals surface area contributed by atoms with Gasteiger partial charge in [0.1, 0.15) is 5.01 Å². The van der Waals surface area contributed by atoms with Crippen molar-refractivity contribution in [3.8, 4) is 11.3 Å². The number of rotatable bonds is 5. The SMILES string of the molecule is CSc1ccc(C(=O)NCc2nc(-c3ccccc3)cs2)cc1. The van der Waals surface area contributed by atoms with Gasteiger partial charge in [0.15, 0.2) is 0 Å². The lowest BCUT2D eigenvalue weighted by Crippen LogP contribution is -2.22. The molecule has 0 radical (unpaired) electrons. The fourth-order valence-corrected chi connectivity index (χ4v) is 3.29. The molecule has 0 saturated carbocycles. The van der Waals surface area contributed by atoms with Crippen LogP contribution in [0, 0.1) is 0 Å². The van der Waals surface area contributed by atoms with Gasteiger partial charge in [-0.3, -0.25) is 4.79 Å². The van der Waals surface area contributed by atoms with Crippen molar-refractivity contribution in [1.82, 2.24) is 10.3 Å². The summed E-state index contributed by atoms with van der Waals surface area (Å²) >= 11 is 3.22. The molecule has 0 bridgehead atoms. The zero-order valence-electron chi connectivity index (χ0n) is 12.7. The summed E-state index contributed by atoms with van der Waals surface area (Å²) in [6.45, 7) is 0.445. The Hall–Kier alpha value is -2.11. The topological polar surface area (TPSA) is 42.0 Å². The molecular formula is C18H16N2OS2. The molecule has 0 spiro atoms. The van der Waals surface area contributed by atoms with Gasteiger partial charge in [-0.2, -0.15) is 0 Å². The molecule has 2 aromatic carbocycles. The highest BCUT2D eigenvalue weighted by Gasteiger charge is 2.08. The van der Waals surface area contributed by atoms with Crippen LogP contribution in [0.25, 0.3) is 11.3 Å². The molecule has 5 heteroatoms. The third-order valence-corrected chi connectivity index (χ3v) is 4.97. The minimum atomic E-state index is -0.0749. The van der Waals surface area contributed by atoms with Gasteiger partial charge in [0.05, 0.1) is 12.2 Å². The first kappa shape index (κ1) is 15.8. The first-order valence-electron chi connectivity index (χ1n) is 7.18. The fourth-order valence-electron chi connectivity index (χ4n) is 2.13. The van der Waals surface area contributed by atoms with Gasteiger partial charge >= 0.3 is 0 Å². The number of nitrogens with one attached hydrogen (secondary N) is 1. The lowest BCUT2D eigenvalue weighted by molar-refractivity contribution is 0.0951. The molecule has 3 rings (SSSR count). The minimum Gasteiger partial charge on any atom is -0.346 e. The van der Waals surface area contributed by atoms with Crippen LogP contribution in [0.15, 0.2) is 64.9 Å². The molecule has 0 saturated heterocycles. The van der Waals surface area contributed by atoms with Gasteiger partial charge in [-0.1, -0.05) is 30.3 Å². The second-order valence-corrected chi connectivity index (χ2v) is 6.73. The molecule has 0 aliphatic heterocycles. The summed E-state index contributed by atoms with van der Waals surface area (Å²) in [5.74, 6) is -0.0749. The third kappa shape index (κ3) is 4.00. The number of carbonyl (C=O) groups excluding carboxylic acids is 1. The minimum absolute atomic E-state index is 0.0749. The highest BCUT2D eigenvalue weighted by atomic mass is 32.2. The maximum absolute atomic E-state index is 12.2. The summed E-state index contributed by atoms with van der Waals surface area (Å²) in [4.78, 5) is 17.9. The Balaban J connectivity index is 1.62. The van der Waals surface area contributed by atoms with E-state index in [2.05, 4.69) is 10.3 Å². The van der Waals surface area contributed by atoms with E-state index in [9.17, 15) is 4.79 Å². The van der Waals surface area contributed by atoms with E-state index >= 15 is 0 Å². The first-order valence-corrected chi connectivity index (χ1v) is 9.29. The van der Waals surface area contributed by atoms with Crippen LogP contribution in [0.5, 0.6) is 0 Å². The summed E-state index contributed by atoms with van der Waals surface area (Å²) in [6, 6.07) is 17.6. The van der Waals surface area contributed by atoms with Crippen molar-refractivity contribution >= 4 is 29.0 Å². The van der Waals surface area contributed by atoms with E-state index in [0.717, 1.165) is 21.2 Å². The zero-order valence-corrected chi connectivity index (χ0v) is 14.3. The average Bonchev–Trinajstić information content (AvgIpc) is 3.09. The van der Waals surface area contributed by atoms with Crippen LogP contribution >= 0.6 is 23.1 Å². The largest absolute Gasteiger partial charge is 0.346 e. The van der Waals surface area contributed by atoms with E-state index in [0.29, 0.717) is 12.1 Å². The van der Waals surface area contributed by atoms with Gasteiger partial charge in [0.2, 0.25) is 0 Å². The van der Waals surface area contributed by atoms with Crippen molar-refractivity contribution in [2.24, 2.45) is 0 Å². The van der Waals surface area contributed by atoms with Gasteiger partial charge in [-0.05, 0) is 30.5 Å². The monoisotopic (exact) mass is 340 g/mol. The lowest BCUT2D eigenvalue weighted by Gasteiger charge is -2.04. The van der Waals surface area contributed by atoms with E-state index in [1.54, 1.807) is 23.1 Å². The molecule has 1 heterocycles. The Kier molecular flexibility index (Phi) is 5.10. The second kappa shape index (κ2) is 7.44. The number of thiazole rings is 1.